The highest BCUT2D eigenvalue weighted by atomic mass is 35.5. The Labute approximate surface area is 464 Å². The molecular weight excluding hydrogens is 1020 g/mol. The van der Waals surface area contributed by atoms with Gasteiger partial charge in [0, 0.05) is 80.3 Å². The van der Waals surface area contributed by atoms with Gasteiger partial charge in [-0.05, 0) is 153 Å². The first-order valence-corrected chi connectivity index (χ1v) is 24.5. The molecule has 0 aliphatic carbocycles. The molecule has 0 heterocycles. The van der Waals surface area contributed by atoms with E-state index in [9.17, 15) is 33.6 Å². The van der Waals surface area contributed by atoms with Crippen molar-refractivity contribution in [1.82, 2.24) is 0 Å². The molecule has 79 heavy (non-hydrogen) atoms. The number of Topliss-reactive ketones (excluding diaryl/α,β-unsaturated/α-hetero) is 1. The minimum Gasteiger partial charge on any atom is -0.399 e. The predicted molar refractivity (Wildman–Crippen MR) is 318 cm³/mol. The molecule has 0 radical (unpaired) electrons. The summed E-state index contributed by atoms with van der Waals surface area (Å²) in [7, 11) is 0. The minimum absolute atomic E-state index is 0.0787. The average Bonchev–Trinajstić information content (AvgIpc) is 3.47. The van der Waals surface area contributed by atoms with Crippen LogP contribution in [0.3, 0.4) is 0 Å². The van der Waals surface area contributed by atoms with Gasteiger partial charge in [0.15, 0.2) is 0 Å². The number of carbonyl (C=O) groups is 7. The summed E-state index contributed by atoms with van der Waals surface area (Å²) in [6.07, 6.45) is 0. The summed E-state index contributed by atoms with van der Waals surface area (Å²) < 4.78 is 6.31. The first-order valence-electron chi connectivity index (χ1n) is 24.8. The maximum absolute atomic E-state index is 13.0. The third kappa shape index (κ3) is 21.6. The van der Waals surface area contributed by atoms with E-state index in [2.05, 4.69) is 26.6 Å². The molecule has 0 saturated carbocycles. The quantitative estimate of drug-likeness (QED) is 0.0449. The van der Waals surface area contributed by atoms with Crippen LogP contribution in [-0.2, 0) is 4.79 Å². The van der Waals surface area contributed by atoms with E-state index >= 15 is 0 Å². The van der Waals surface area contributed by atoms with Gasteiger partial charge in [-0.2, -0.15) is 0 Å². The van der Waals surface area contributed by atoms with Gasteiger partial charge < -0.3 is 48.6 Å². The third-order valence-corrected chi connectivity index (χ3v) is 10.5. The second kappa shape index (κ2) is 31.3. The molecule has 0 fully saturated rings. The van der Waals surface area contributed by atoms with Crippen LogP contribution < -0.4 is 43.8 Å². The van der Waals surface area contributed by atoms with Gasteiger partial charge in [-0.15, -0.1) is 0 Å². The molecule has 0 bridgehead atoms. The molecule has 0 aliphatic rings. The predicted octanol–water partition coefficient (Wildman–Crippen LogP) is 12.7. The number of anilines is 8. The van der Waals surface area contributed by atoms with Crippen LogP contribution in [-0.4, -0.2) is 40.6 Å². The topological polar surface area (TPSA) is 258 Å². The van der Waals surface area contributed by atoms with Crippen LogP contribution in [0.25, 0.3) is 0 Å². The summed E-state index contributed by atoms with van der Waals surface area (Å²) in [5, 5.41) is 13.6. The van der Waals surface area contributed by atoms with Gasteiger partial charge in [0.1, 0.15) is 5.78 Å². The summed E-state index contributed by atoms with van der Waals surface area (Å²) in [6, 6.07) is 69.6. The van der Waals surface area contributed by atoms with E-state index in [-0.39, 0.29) is 41.5 Å². The van der Waals surface area contributed by atoms with Crippen molar-refractivity contribution in [3.8, 4) is 0 Å². The van der Waals surface area contributed by atoms with Crippen molar-refractivity contribution in [2.45, 2.75) is 13.8 Å². The van der Waals surface area contributed by atoms with E-state index in [4.69, 9.17) is 30.2 Å². The molecule has 0 saturated heterocycles. The number of hydrogen-bond donors (Lipinski definition) is 8. The Balaban J connectivity index is 0.000000247. The van der Waals surface area contributed by atoms with Crippen LogP contribution in [0.15, 0.2) is 243 Å². The highest BCUT2D eigenvalue weighted by Crippen LogP contribution is 2.21. The van der Waals surface area contributed by atoms with Gasteiger partial charge in [0.05, 0.1) is 0 Å². The highest BCUT2D eigenvalue weighted by molar-refractivity contribution is 6.67. The van der Waals surface area contributed by atoms with Crippen molar-refractivity contribution in [3.05, 3.63) is 276 Å². The Morgan fingerprint density at radius 1 is 0.316 bits per heavy atom. The molecule has 11 N–H and O–H groups in total. The summed E-state index contributed by atoms with van der Waals surface area (Å²) in [5.41, 5.74) is 23.9. The first-order chi connectivity index (χ1) is 38.6. The maximum atomic E-state index is 13.0. The number of carbonyl (C=O) groups excluding carboxylic acids is 7. The van der Waals surface area contributed by atoms with E-state index in [1.54, 1.807) is 194 Å². The van der Waals surface area contributed by atoms with Gasteiger partial charge in [0.25, 0.3) is 34.8 Å². The molecule has 9 aromatic rings. The lowest BCUT2D eigenvalue weighted by atomic mass is 10.1. The largest absolute Gasteiger partial charge is 0.399 e. The number of halogens is 1. The fraction of sp³-hybridized carbons (Fsp3) is 0.0317. The Hall–Kier alpha value is -10.6. The average molecular weight is 1070 g/mol. The fourth-order valence-corrected chi connectivity index (χ4v) is 6.81. The molecule has 0 unspecified atom stereocenters. The zero-order valence-electron chi connectivity index (χ0n) is 43.8. The van der Waals surface area contributed by atoms with Gasteiger partial charge in [-0.3, -0.25) is 28.8 Å². The van der Waals surface area contributed by atoms with Gasteiger partial charge in [-0.1, -0.05) is 115 Å². The molecule has 0 aliphatic heterocycles. The Bertz CT molecular complexity index is 3360. The summed E-state index contributed by atoms with van der Waals surface area (Å²) in [5.74, 6) is -1.57. The van der Waals surface area contributed by atoms with E-state index in [0.29, 0.717) is 67.8 Å². The molecule has 9 aromatic carbocycles. The van der Waals surface area contributed by atoms with Crippen LogP contribution in [0.5, 0.6) is 0 Å². The number of nitrogens with one attached hydrogen (secondary N) is 5. The van der Waals surface area contributed by atoms with Crippen LogP contribution in [0.2, 0.25) is 0 Å². The zero-order valence-corrected chi connectivity index (χ0v) is 43.5. The van der Waals surface area contributed by atoms with Crippen molar-refractivity contribution in [2.75, 3.05) is 43.8 Å². The molecule has 5 amide bonds. The van der Waals surface area contributed by atoms with E-state index < -0.39 is 17.1 Å². The summed E-state index contributed by atoms with van der Waals surface area (Å²) in [4.78, 5) is 82.7. The first kappa shape index (κ1) is 57.6. The smallest absolute Gasteiger partial charge is 0.255 e. The van der Waals surface area contributed by atoms with Crippen LogP contribution in [0.4, 0.5) is 45.5 Å². The number of amides is 5. The van der Waals surface area contributed by atoms with Crippen molar-refractivity contribution in [1.29, 1.82) is 0 Å². The number of ketones is 1. The zero-order chi connectivity index (χ0) is 57.7. The Morgan fingerprint density at radius 3 is 0.823 bits per heavy atom. The molecule has 398 valence electrons. The van der Waals surface area contributed by atoms with Crippen molar-refractivity contribution < 1.29 is 34.9 Å². The van der Waals surface area contributed by atoms with Crippen molar-refractivity contribution in [2.24, 2.45) is 0 Å². The van der Waals surface area contributed by atoms with Crippen LogP contribution >= 0.6 is 11.6 Å². The van der Waals surface area contributed by atoms with Gasteiger partial charge in [0.2, 0.25) is 0 Å². The van der Waals surface area contributed by atoms with Gasteiger partial charge >= 0.3 is 0 Å². The molecule has 0 spiro atoms. The number of rotatable bonds is 11. The number of nitrogen functional groups attached to an aromatic ring is 3. The molecular formula is C63H57ClN8O7. The molecule has 15 nitrogen and oxygen atoms in total. The Kier molecular flexibility index (Phi) is 22.8. The lowest BCUT2D eigenvalue weighted by molar-refractivity contribution is -0.115. The molecule has 9 rings (SSSR count). The minimum atomic E-state index is -0.415. The normalized spacial score (nSPS) is 9.87. The molecule has 0 aromatic heterocycles. The standard InChI is InChI=1S/C34H26N4O4.C13H12N2O.C7H5ClO.C6H8N2.C3H6O/c39-31(23-10-3-1-4-11-23)35-27-16-8-18-29(21-27)37-33(41)25-14-7-15-26(20-25)34(42)38-30-19-9-17-28(22-30)36-32(40)24-12-5-2-6-13-24;14-11-7-4-8-12(9-11)15-13(16)10-5-2-1-3-6-10;8-7(9)6-4-2-1-3-5-6;7-5-2-1-3-6(8)4-5;1-3(2)4/h1-22H,(H,35,39)(H,36,40)(H,37,41)(H,38,42);1-9H,14H2,(H,15,16);1-5H;1-4H,7-8H2;1-2H3/i;;;;1D. The van der Waals surface area contributed by atoms with Crippen molar-refractivity contribution in [3.63, 3.8) is 0 Å². The molecule has 16 heteroatoms. The van der Waals surface area contributed by atoms with Gasteiger partial charge in [-0.25, -0.2) is 0 Å². The van der Waals surface area contributed by atoms with Crippen LogP contribution in [0, 0.1) is 0 Å². The lowest BCUT2D eigenvalue weighted by Crippen LogP contribution is -2.16. The summed E-state index contributed by atoms with van der Waals surface area (Å²) in [6.45, 7) is 1.31. The van der Waals surface area contributed by atoms with Crippen LogP contribution in [0.1, 0.15) is 77.3 Å². The lowest BCUT2D eigenvalue weighted by Gasteiger charge is -2.11. The maximum Gasteiger partial charge on any atom is 0.255 e. The highest BCUT2D eigenvalue weighted by Gasteiger charge is 2.14. The summed E-state index contributed by atoms with van der Waals surface area (Å²) >= 11 is 5.16. The number of benzene rings is 9. The fourth-order valence-electron chi connectivity index (χ4n) is 6.68. The van der Waals surface area contributed by atoms with Crippen molar-refractivity contribution >= 4 is 97.7 Å². The number of hydrogen-bond acceptors (Lipinski definition) is 10. The molecule has 0 atom stereocenters. The monoisotopic (exact) mass is 1070 g/mol. The Morgan fingerprint density at radius 2 is 0.557 bits per heavy atom. The second-order valence-corrected chi connectivity index (χ2v) is 17.1. The van der Waals surface area contributed by atoms with E-state index in [0.717, 1.165) is 0 Å². The number of nitrogens with two attached hydrogens (primary N) is 3. The van der Waals surface area contributed by atoms with E-state index in [1.165, 1.54) is 13.0 Å². The third-order valence-electron chi connectivity index (χ3n) is 10.3. The second-order valence-electron chi connectivity index (χ2n) is 16.7. The SMILES string of the molecule is Nc1cccc(N)c1.Nc1cccc(NC(=O)c2ccccc2)c1.O=C(Cl)c1ccccc1.O=C(Nc1cccc(NC(=O)c2cccc(C(=O)Nc3cccc(NC(=O)c4ccccc4)c3)c2)c1)c1ccccc1.[2H]CC(C)=O. The van der Waals surface area contributed by atoms with E-state index in [1.807, 2.05) is 42.5 Å².